The van der Waals surface area contributed by atoms with Crippen LogP contribution in [0.2, 0.25) is 0 Å². The van der Waals surface area contributed by atoms with Crippen molar-refractivity contribution in [3.63, 3.8) is 0 Å². The van der Waals surface area contributed by atoms with E-state index in [4.69, 9.17) is 11.6 Å². The Balaban J connectivity index is 2.15. The highest BCUT2D eigenvalue weighted by Crippen LogP contribution is 1.93. The Bertz CT molecular complexity index is 250. The Kier molecular flexibility index (Phi) is 4.25. The predicted octanol–water partition coefficient (Wildman–Crippen LogP) is 0.705. The van der Waals surface area contributed by atoms with Crippen LogP contribution in [0.15, 0.2) is 10.9 Å². The quantitative estimate of drug-likeness (QED) is 0.716. The lowest BCUT2D eigenvalue weighted by Crippen LogP contribution is -2.23. The molecule has 1 aromatic rings. The second-order valence-corrected chi connectivity index (χ2v) is 2.79. The molecule has 5 nitrogen and oxygen atoms in total. The van der Waals surface area contributed by atoms with Crippen LogP contribution < -0.4 is 5.32 Å². The van der Waals surface area contributed by atoms with Gasteiger partial charge in [-0.15, -0.1) is 11.6 Å². The van der Waals surface area contributed by atoms with Gasteiger partial charge in [-0.25, -0.2) is 0 Å². The molecule has 1 N–H and O–H groups in total. The van der Waals surface area contributed by atoms with Crippen molar-refractivity contribution >= 4 is 17.5 Å². The Morgan fingerprint density at radius 3 is 3.15 bits per heavy atom. The van der Waals surface area contributed by atoms with E-state index in [-0.39, 0.29) is 5.91 Å². The van der Waals surface area contributed by atoms with Gasteiger partial charge in [-0.1, -0.05) is 5.16 Å². The highest BCUT2D eigenvalue weighted by molar-refractivity contribution is 6.17. The zero-order chi connectivity index (χ0) is 9.52. The average molecular weight is 204 g/mol. The minimum absolute atomic E-state index is 0.0505. The van der Waals surface area contributed by atoms with Crippen molar-refractivity contribution in [2.75, 3.05) is 5.88 Å². The van der Waals surface area contributed by atoms with Gasteiger partial charge in [0.05, 0.1) is 6.54 Å². The van der Waals surface area contributed by atoms with E-state index in [1.54, 1.807) is 0 Å². The van der Waals surface area contributed by atoms with Crippen LogP contribution in [0.25, 0.3) is 0 Å². The number of aromatic nitrogens is 2. The van der Waals surface area contributed by atoms with Crippen LogP contribution in [0, 0.1) is 0 Å². The number of hydrogen-bond donors (Lipinski definition) is 1. The lowest BCUT2D eigenvalue weighted by Gasteiger charge is -1.99. The molecule has 13 heavy (non-hydrogen) atoms. The number of amides is 1. The summed E-state index contributed by atoms with van der Waals surface area (Å²) in [6.07, 6.45) is 2.33. The molecule has 6 heteroatoms. The highest BCUT2D eigenvalue weighted by Gasteiger charge is 2.02. The molecule has 0 aliphatic carbocycles. The van der Waals surface area contributed by atoms with Crippen molar-refractivity contribution < 1.29 is 9.32 Å². The lowest BCUT2D eigenvalue weighted by atomic mass is 10.3. The number of halogens is 1. The summed E-state index contributed by atoms with van der Waals surface area (Å²) < 4.78 is 4.49. The third-order valence-corrected chi connectivity index (χ3v) is 1.66. The van der Waals surface area contributed by atoms with E-state index >= 15 is 0 Å². The molecule has 1 heterocycles. The van der Waals surface area contributed by atoms with Crippen LogP contribution in [0.3, 0.4) is 0 Å². The number of nitrogens with one attached hydrogen (secondary N) is 1. The van der Waals surface area contributed by atoms with Gasteiger partial charge < -0.3 is 9.84 Å². The number of nitrogens with zero attached hydrogens (tertiary/aromatic N) is 2. The molecule has 0 saturated heterocycles. The maximum Gasteiger partial charge on any atom is 0.220 e. The van der Waals surface area contributed by atoms with Crippen LogP contribution in [-0.4, -0.2) is 21.9 Å². The first kappa shape index (κ1) is 9.98. The summed E-state index contributed by atoms with van der Waals surface area (Å²) in [5, 5.41) is 6.18. The summed E-state index contributed by atoms with van der Waals surface area (Å²) in [6, 6.07) is 0. The van der Waals surface area contributed by atoms with Crippen molar-refractivity contribution in [2.45, 2.75) is 19.4 Å². The Morgan fingerprint density at radius 2 is 2.54 bits per heavy atom. The van der Waals surface area contributed by atoms with Crippen molar-refractivity contribution in [3.05, 3.63) is 12.2 Å². The highest BCUT2D eigenvalue weighted by atomic mass is 35.5. The van der Waals surface area contributed by atoms with E-state index in [2.05, 4.69) is 20.0 Å². The molecule has 0 spiro atoms. The molecule has 0 radical (unpaired) electrons. The maximum atomic E-state index is 11.0. The third kappa shape index (κ3) is 3.89. The van der Waals surface area contributed by atoms with Gasteiger partial charge in [-0.2, -0.15) is 4.98 Å². The monoisotopic (exact) mass is 203 g/mol. The average Bonchev–Trinajstić information content (AvgIpc) is 2.64. The Labute approximate surface area is 80.5 Å². The lowest BCUT2D eigenvalue weighted by molar-refractivity contribution is -0.121. The number of carbonyl (C=O) groups excluding carboxylic acids is 1. The summed E-state index contributed by atoms with van der Waals surface area (Å²) >= 11 is 5.43. The molecule has 0 unspecified atom stereocenters. The van der Waals surface area contributed by atoms with Crippen LogP contribution in [0.4, 0.5) is 0 Å². The SMILES string of the molecule is O=C(CCCCl)NCc1ncon1. The molecule has 0 aromatic carbocycles. The fourth-order valence-electron chi connectivity index (χ4n) is 0.764. The normalized spacial score (nSPS) is 9.92. The maximum absolute atomic E-state index is 11.0. The van der Waals surface area contributed by atoms with Crippen molar-refractivity contribution in [3.8, 4) is 0 Å². The van der Waals surface area contributed by atoms with Crippen molar-refractivity contribution in [1.29, 1.82) is 0 Å². The number of alkyl halides is 1. The van der Waals surface area contributed by atoms with Gasteiger partial charge in [-0.3, -0.25) is 4.79 Å². The van der Waals surface area contributed by atoms with E-state index < -0.39 is 0 Å². The first-order valence-electron chi connectivity index (χ1n) is 3.91. The second-order valence-electron chi connectivity index (χ2n) is 2.42. The molecular formula is C7H10ClN3O2. The van der Waals surface area contributed by atoms with Gasteiger partial charge in [0, 0.05) is 12.3 Å². The number of rotatable bonds is 5. The third-order valence-electron chi connectivity index (χ3n) is 1.39. The van der Waals surface area contributed by atoms with Gasteiger partial charge >= 0.3 is 0 Å². The standard InChI is InChI=1S/C7H10ClN3O2/c8-3-1-2-7(12)9-4-6-10-5-13-11-6/h5H,1-4H2,(H,9,12). The molecule has 0 bridgehead atoms. The fraction of sp³-hybridized carbons (Fsp3) is 0.571. The Hall–Kier alpha value is -1.10. The summed E-state index contributed by atoms with van der Waals surface area (Å²) in [6.45, 7) is 0.303. The van der Waals surface area contributed by atoms with Crippen molar-refractivity contribution in [1.82, 2.24) is 15.5 Å². The topological polar surface area (TPSA) is 68.0 Å². The Morgan fingerprint density at radius 1 is 1.69 bits per heavy atom. The molecule has 0 saturated carbocycles. The van der Waals surface area contributed by atoms with Crippen molar-refractivity contribution in [2.24, 2.45) is 0 Å². The first-order chi connectivity index (χ1) is 6.33. The van der Waals surface area contributed by atoms with E-state index in [1.807, 2.05) is 0 Å². The molecule has 1 rings (SSSR count). The molecule has 0 fully saturated rings. The molecule has 1 aromatic heterocycles. The van der Waals surface area contributed by atoms with E-state index in [0.717, 1.165) is 0 Å². The zero-order valence-electron chi connectivity index (χ0n) is 6.99. The van der Waals surface area contributed by atoms with Gasteiger partial charge in [0.2, 0.25) is 12.3 Å². The van der Waals surface area contributed by atoms with E-state index in [1.165, 1.54) is 6.39 Å². The summed E-state index contributed by atoms with van der Waals surface area (Å²) in [4.78, 5) is 14.8. The minimum atomic E-state index is -0.0505. The minimum Gasteiger partial charge on any atom is -0.349 e. The largest absolute Gasteiger partial charge is 0.349 e. The molecule has 0 aliphatic rings. The zero-order valence-corrected chi connectivity index (χ0v) is 7.75. The molecule has 1 amide bonds. The van der Waals surface area contributed by atoms with Crippen LogP contribution >= 0.6 is 11.6 Å². The van der Waals surface area contributed by atoms with Gasteiger partial charge in [-0.05, 0) is 6.42 Å². The summed E-state index contributed by atoms with van der Waals surface area (Å²) in [5.41, 5.74) is 0. The van der Waals surface area contributed by atoms with Gasteiger partial charge in [0.25, 0.3) is 0 Å². The van der Waals surface area contributed by atoms with E-state index in [9.17, 15) is 4.79 Å². The van der Waals surface area contributed by atoms with Crippen LogP contribution in [0.5, 0.6) is 0 Å². The smallest absolute Gasteiger partial charge is 0.220 e. The van der Waals surface area contributed by atoms with Gasteiger partial charge in [0.1, 0.15) is 0 Å². The molecular weight excluding hydrogens is 194 g/mol. The molecule has 0 atom stereocenters. The molecule has 0 aliphatic heterocycles. The fourth-order valence-corrected chi connectivity index (χ4v) is 0.897. The second kappa shape index (κ2) is 5.53. The first-order valence-corrected chi connectivity index (χ1v) is 4.44. The number of hydrogen-bond acceptors (Lipinski definition) is 4. The molecule has 72 valence electrons. The van der Waals surface area contributed by atoms with E-state index in [0.29, 0.717) is 31.1 Å². The van der Waals surface area contributed by atoms with Gasteiger partial charge in [0.15, 0.2) is 5.82 Å². The van der Waals surface area contributed by atoms with Crippen LogP contribution in [0.1, 0.15) is 18.7 Å². The summed E-state index contributed by atoms with van der Waals surface area (Å²) in [7, 11) is 0. The van der Waals surface area contributed by atoms with Crippen LogP contribution in [-0.2, 0) is 11.3 Å². The summed E-state index contributed by atoms with van der Waals surface area (Å²) in [5.74, 6) is 0.917. The predicted molar refractivity (Wildman–Crippen MR) is 46.1 cm³/mol. The number of carbonyl (C=O) groups is 1.